The lowest BCUT2D eigenvalue weighted by Gasteiger charge is -2.42. The van der Waals surface area contributed by atoms with Gasteiger partial charge in [-0.15, -0.1) is 0 Å². The summed E-state index contributed by atoms with van der Waals surface area (Å²) in [5.41, 5.74) is 0.875. The zero-order valence-corrected chi connectivity index (χ0v) is 18.3. The number of nitrogens with zero attached hydrogens (tertiary/aromatic N) is 5. The second kappa shape index (κ2) is 9.61. The van der Waals surface area contributed by atoms with Gasteiger partial charge in [0, 0.05) is 51.1 Å². The number of ether oxygens (including phenoxy) is 1. The average molecular weight is 449 g/mol. The van der Waals surface area contributed by atoms with Crippen LogP contribution >= 0.6 is 0 Å². The van der Waals surface area contributed by atoms with Crippen LogP contribution in [0.5, 0.6) is 0 Å². The number of hydrogen-bond donors (Lipinski definition) is 0. The van der Waals surface area contributed by atoms with Gasteiger partial charge in [-0.05, 0) is 38.1 Å². The number of anilines is 1. The highest BCUT2D eigenvalue weighted by Gasteiger charge is 2.35. The maximum atomic E-state index is 13.4. The Morgan fingerprint density at radius 3 is 2.62 bits per heavy atom. The number of nitriles is 1. The Morgan fingerprint density at radius 2 is 2.03 bits per heavy atom. The summed E-state index contributed by atoms with van der Waals surface area (Å²) >= 11 is 0. The van der Waals surface area contributed by atoms with E-state index in [1.54, 1.807) is 20.6 Å². The zero-order chi connectivity index (χ0) is 23.5. The van der Waals surface area contributed by atoms with Gasteiger partial charge in [0.25, 0.3) is 0 Å². The van der Waals surface area contributed by atoms with Gasteiger partial charge in [0.15, 0.2) is 0 Å². The first kappa shape index (κ1) is 23.6. The van der Waals surface area contributed by atoms with Crippen LogP contribution in [0.25, 0.3) is 0 Å². The largest absolute Gasteiger partial charge is 0.417 e. The number of rotatable bonds is 6. The molecule has 7 nitrogen and oxygen atoms in total. The van der Waals surface area contributed by atoms with E-state index in [1.807, 2.05) is 19.9 Å². The van der Waals surface area contributed by atoms with Crippen molar-refractivity contribution in [1.82, 2.24) is 14.7 Å². The van der Waals surface area contributed by atoms with Crippen molar-refractivity contribution in [2.75, 3.05) is 38.3 Å². The van der Waals surface area contributed by atoms with Crippen LogP contribution in [0.2, 0.25) is 0 Å². The summed E-state index contributed by atoms with van der Waals surface area (Å²) < 4.78 is 47.1. The summed E-state index contributed by atoms with van der Waals surface area (Å²) in [6.45, 7) is 5.65. The van der Waals surface area contributed by atoms with Crippen LogP contribution in [0, 0.1) is 25.2 Å². The number of benzene rings is 1. The first-order valence-corrected chi connectivity index (χ1v) is 10.3. The van der Waals surface area contributed by atoms with Gasteiger partial charge in [0.05, 0.1) is 35.5 Å². The van der Waals surface area contributed by atoms with Crippen molar-refractivity contribution >= 4 is 11.6 Å². The number of piperazine rings is 1. The molecule has 1 aromatic carbocycles. The van der Waals surface area contributed by atoms with E-state index in [-0.39, 0.29) is 25.0 Å². The average Bonchev–Trinajstić information content (AvgIpc) is 3.08. The number of alkyl halides is 3. The molecule has 0 saturated carbocycles. The number of aryl methyl sites for hydroxylation is 3. The summed E-state index contributed by atoms with van der Waals surface area (Å²) in [7, 11) is 1.53. The van der Waals surface area contributed by atoms with E-state index < -0.39 is 17.3 Å². The first-order valence-electron chi connectivity index (χ1n) is 10.3. The number of carbonyl (C=O) groups is 1. The molecule has 3 rings (SSSR count). The zero-order valence-electron chi connectivity index (χ0n) is 18.3. The molecule has 2 aromatic rings. The van der Waals surface area contributed by atoms with E-state index in [1.165, 1.54) is 19.2 Å². The topological polar surface area (TPSA) is 74.4 Å². The standard InChI is InChI=1S/C22H26F3N5O2/c1-15-10-16(2)30(27-15)7-6-21(31)29-9-8-28(13-19(29)14-32-3)18-5-4-17(12-26)20(11-18)22(23,24)25/h4-5,10-11,19H,6-9,13-14H2,1-3H3. The van der Waals surface area contributed by atoms with E-state index in [0.29, 0.717) is 31.9 Å². The van der Waals surface area contributed by atoms with Gasteiger partial charge >= 0.3 is 6.18 Å². The molecule has 1 fully saturated rings. The summed E-state index contributed by atoms with van der Waals surface area (Å²) in [5, 5.41) is 13.4. The number of halogens is 3. The van der Waals surface area contributed by atoms with E-state index in [4.69, 9.17) is 10.00 Å². The molecular formula is C22H26F3N5O2. The first-order chi connectivity index (χ1) is 15.1. The van der Waals surface area contributed by atoms with Crippen LogP contribution in [-0.4, -0.2) is 60.0 Å². The fourth-order valence-corrected chi connectivity index (χ4v) is 4.06. The maximum absolute atomic E-state index is 13.4. The number of carbonyl (C=O) groups excluding carboxylic acids is 1. The molecule has 0 bridgehead atoms. The Balaban J connectivity index is 1.73. The van der Waals surface area contributed by atoms with Crippen molar-refractivity contribution in [2.24, 2.45) is 0 Å². The number of amides is 1. The second-order valence-electron chi connectivity index (χ2n) is 7.88. The molecule has 0 radical (unpaired) electrons. The number of hydrogen-bond acceptors (Lipinski definition) is 5. The smallest absolute Gasteiger partial charge is 0.382 e. The van der Waals surface area contributed by atoms with Crippen LogP contribution in [0.15, 0.2) is 24.3 Å². The molecule has 0 aliphatic carbocycles. The predicted molar refractivity (Wildman–Crippen MR) is 112 cm³/mol. The third-order valence-electron chi connectivity index (χ3n) is 5.60. The van der Waals surface area contributed by atoms with Gasteiger partial charge in [0.1, 0.15) is 0 Å². The van der Waals surface area contributed by atoms with Crippen LogP contribution in [0.3, 0.4) is 0 Å². The van der Waals surface area contributed by atoms with E-state index in [0.717, 1.165) is 17.5 Å². The molecular weight excluding hydrogens is 423 g/mol. The second-order valence-corrected chi connectivity index (χ2v) is 7.88. The fourth-order valence-electron chi connectivity index (χ4n) is 4.06. The van der Waals surface area contributed by atoms with Crippen molar-refractivity contribution in [3.8, 4) is 6.07 Å². The highest BCUT2D eigenvalue weighted by molar-refractivity contribution is 5.77. The summed E-state index contributed by atoms with van der Waals surface area (Å²) in [6, 6.07) is 6.95. The highest BCUT2D eigenvalue weighted by atomic mass is 19.4. The summed E-state index contributed by atoms with van der Waals surface area (Å²) in [5.74, 6) is -0.0462. The van der Waals surface area contributed by atoms with Gasteiger partial charge in [0.2, 0.25) is 5.91 Å². The lowest BCUT2D eigenvalue weighted by atomic mass is 10.0. The molecule has 0 N–H and O–H groups in total. The maximum Gasteiger partial charge on any atom is 0.417 e. The summed E-state index contributed by atoms with van der Waals surface area (Å²) in [4.78, 5) is 16.4. The lowest BCUT2D eigenvalue weighted by Crippen LogP contribution is -2.57. The molecule has 10 heteroatoms. The third kappa shape index (κ3) is 5.22. The monoisotopic (exact) mass is 449 g/mol. The molecule has 1 amide bonds. The molecule has 1 atom stereocenters. The highest BCUT2D eigenvalue weighted by Crippen LogP contribution is 2.35. The lowest BCUT2D eigenvalue weighted by molar-refractivity contribution is -0.137. The van der Waals surface area contributed by atoms with Crippen LogP contribution in [0.1, 0.15) is 28.9 Å². The van der Waals surface area contributed by atoms with Gasteiger partial charge < -0.3 is 14.5 Å². The summed E-state index contributed by atoms with van der Waals surface area (Å²) in [6.07, 6.45) is -4.34. The molecule has 1 aliphatic rings. The molecule has 2 heterocycles. The number of aromatic nitrogens is 2. The Bertz CT molecular complexity index is 1010. The van der Waals surface area contributed by atoms with Crippen LogP contribution in [-0.2, 0) is 22.3 Å². The predicted octanol–water partition coefficient (Wildman–Crippen LogP) is 3.14. The van der Waals surface area contributed by atoms with E-state index >= 15 is 0 Å². The van der Waals surface area contributed by atoms with E-state index in [2.05, 4.69) is 5.10 Å². The minimum Gasteiger partial charge on any atom is -0.382 e. The number of methoxy groups -OCH3 is 1. The van der Waals surface area contributed by atoms with E-state index in [9.17, 15) is 18.0 Å². The van der Waals surface area contributed by atoms with Gasteiger partial charge in [-0.25, -0.2) is 0 Å². The molecule has 1 saturated heterocycles. The van der Waals surface area contributed by atoms with Crippen molar-refractivity contribution < 1.29 is 22.7 Å². The van der Waals surface area contributed by atoms with Gasteiger partial charge in [-0.1, -0.05) is 0 Å². The Labute approximate surface area is 185 Å². The van der Waals surface area contributed by atoms with Crippen molar-refractivity contribution in [1.29, 1.82) is 5.26 Å². The van der Waals surface area contributed by atoms with Gasteiger partial charge in [-0.2, -0.15) is 23.5 Å². The van der Waals surface area contributed by atoms with Crippen LogP contribution < -0.4 is 4.90 Å². The fraction of sp³-hybridized carbons (Fsp3) is 0.500. The normalized spacial score (nSPS) is 16.8. The molecule has 1 aliphatic heterocycles. The minimum atomic E-state index is -4.62. The van der Waals surface area contributed by atoms with Gasteiger partial charge in [-0.3, -0.25) is 9.48 Å². The Kier molecular flexibility index (Phi) is 7.09. The minimum absolute atomic E-state index is 0.0462. The Morgan fingerprint density at radius 1 is 1.28 bits per heavy atom. The molecule has 1 unspecified atom stereocenters. The molecule has 1 aromatic heterocycles. The molecule has 172 valence electrons. The van der Waals surface area contributed by atoms with Crippen molar-refractivity contribution in [2.45, 2.75) is 39.0 Å². The third-order valence-corrected chi connectivity index (χ3v) is 5.60. The van der Waals surface area contributed by atoms with Crippen molar-refractivity contribution in [3.63, 3.8) is 0 Å². The molecule has 0 spiro atoms. The Hall–Kier alpha value is -3.06. The quantitative estimate of drug-likeness (QED) is 0.678. The SMILES string of the molecule is COCC1CN(c2ccc(C#N)c(C(F)(F)F)c2)CCN1C(=O)CCn1nc(C)cc1C. The molecule has 32 heavy (non-hydrogen) atoms. The van der Waals surface area contributed by atoms with Crippen molar-refractivity contribution in [3.05, 3.63) is 46.8 Å². The van der Waals surface area contributed by atoms with Crippen LogP contribution in [0.4, 0.5) is 18.9 Å².